The van der Waals surface area contributed by atoms with Gasteiger partial charge in [-0.3, -0.25) is 9.59 Å². The van der Waals surface area contributed by atoms with Crippen LogP contribution in [-0.2, 0) is 9.59 Å². The van der Waals surface area contributed by atoms with E-state index in [1.807, 2.05) is 13.8 Å². The molecule has 0 aromatic rings. The van der Waals surface area contributed by atoms with Gasteiger partial charge in [-0.05, 0) is 25.7 Å². The zero-order chi connectivity index (χ0) is 13.8. The van der Waals surface area contributed by atoms with Crippen molar-refractivity contribution in [2.24, 2.45) is 0 Å². The summed E-state index contributed by atoms with van der Waals surface area (Å²) < 4.78 is 0. The van der Waals surface area contributed by atoms with Gasteiger partial charge in [0.2, 0.25) is 11.8 Å². The molecule has 4 heteroatoms. The number of hydrogen-bond donors (Lipinski definition) is 2. The van der Waals surface area contributed by atoms with Crippen molar-refractivity contribution in [3.8, 4) is 0 Å². The molecule has 0 aliphatic heterocycles. The van der Waals surface area contributed by atoms with E-state index < -0.39 is 0 Å². The van der Waals surface area contributed by atoms with Crippen LogP contribution in [0.3, 0.4) is 0 Å². The minimum atomic E-state index is -0.267. The van der Waals surface area contributed by atoms with Gasteiger partial charge in [-0.25, -0.2) is 0 Å². The molecule has 0 spiro atoms. The summed E-state index contributed by atoms with van der Waals surface area (Å²) in [7, 11) is 0. The summed E-state index contributed by atoms with van der Waals surface area (Å²) in [6.45, 7) is 7.86. The fourth-order valence-corrected chi connectivity index (χ4v) is 1.59. The Morgan fingerprint density at radius 3 is 1.78 bits per heavy atom. The van der Waals surface area contributed by atoms with Crippen LogP contribution in [-0.4, -0.2) is 18.0 Å². The fraction of sp³-hybridized carbons (Fsp3) is 0.786. The van der Waals surface area contributed by atoms with Crippen molar-refractivity contribution in [3.05, 3.63) is 6.92 Å². The van der Waals surface area contributed by atoms with Crippen molar-refractivity contribution in [2.75, 3.05) is 0 Å². The maximum absolute atomic E-state index is 11.6. The van der Waals surface area contributed by atoms with E-state index in [0.717, 1.165) is 25.7 Å². The Morgan fingerprint density at radius 2 is 1.44 bits per heavy atom. The number of unbranched alkanes of at least 4 members (excludes halogenated alkanes) is 2. The number of amides is 2. The summed E-state index contributed by atoms with van der Waals surface area (Å²) in [5, 5.41) is 5.70. The molecule has 0 aromatic heterocycles. The van der Waals surface area contributed by atoms with Crippen LogP contribution >= 0.6 is 0 Å². The van der Waals surface area contributed by atoms with Crippen molar-refractivity contribution in [1.29, 1.82) is 0 Å². The molecule has 0 atom stereocenters. The number of nitrogens with one attached hydrogen (secondary N) is 2. The minimum Gasteiger partial charge on any atom is -0.336 e. The summed E-state index contributed by atoms with van der Waals surface area (Å²) in [6, 6.07) is 0. The van der Waals surface area contributed by atoms with Gasteiger partial charge < -0.3 is 10.6 Å². The largest absolute Gasteiger partial charge is 0.336 e. The highest BCUT2D eigenvalue weighted by Gasteiger charge is 2.13. The highest BCUT2D eigenvalue weighted by molar-refractivity contribution is 5.79. The highest BCUT2D eigenvalue weighted by Crippen LogP contribution is 1.99. The Morgan fingerprint density at radius 1 is 1.00 bits per heavy atom. The molecule has 0 bridgehead atoms. The van der Waals surface area contributed by atoms with Crippen LogP contribution in [0, 0.1) is 6.92 Å². The zero-order valence-corrected chi connectivity index (χ0v) is 11.8. The lowest BCUT2D eigenvalue weighted by Gasteiger charge is -2.19. The molecule has 0 aliphatic carbocycles. The normalized spacial score (nSPS) is 10.4. The van der Waals surface area contributed by atoms with E-state index in [1.165, 1.54) is 0 Å². The Bertz CT molecular complexity index is 220. The lowest BCUT2D eigenvalue weighted by molar-refractivity contribution is -0.124. The molecule has 0 fully saturated rings. The van der Waals surface area contributed by atoms with Gasteiger partial charge in [-0.2, -0.15) is 0 Å². The van der Waals surface area contributed by atoms with Crippen molar-refractivity contribution in [2.45, 2.75) is 71.4 Å². The van der Waals surface area contributed by atoms with Crippen LogP contribution in [0.2, 0.25) is 0 Å². The average Bonchev–Trinajstić information content (AvgIpc) is 2.34. The number of rotatable bonds is 10. The van der Waals surface area contributed by atoms with Crippen LogP contribution in [0.4, 0.5) is 0 Å². The third-order valence-corrected chi connectivity index (χ3v) is 2.68. The van der Waals surface area contributed by atoms with Crippen LogP contribution in [0.1, 0.15) is 65.2 Å². The fourth-order valence-electron chi connectivity index (χ4n) is 1.59. The van der Waals surface area contributed by atoms with Crippen LogP contribution in [0.15, 0.2) is 0 Å². The molecule has 0 aromatic carbocycles. The van der Waals surface area contributed by atoms with Crippen molar-refractivity contribution >= 4 is 11.8 Å². The van der Waals surface area contributed by atoms with Gasteiger partial charge in [-0.1, -0.05) is 33.6 Å². The minimum absolute atomic E-state index is 0.00564. The molecular formula is C14H27N2O2. The van der Waals surface area contributed by atoms with E-state index in [9.17, 15) is 9.59 Å². The molecule has 0 saturated carbocycles. The number of carbonyl (C=O) groups excluding carboxylic acids is 2. The second kappa shape index (κ2) is 11.1. The summed E-state index contributed by atoms with van der Waals surface area (Å²) in [6.07, 6.45) is 5.90. The average molecular weight is 255 g/mol. The van der Waals surface area contributed by atoms with Crippen LogP contribution in [0.5, 0.6) is 0 Å². The molecule has 1 radical (unpaired) electrons. The van der Waals surface area contributed by atoms with E-state index in [4.69, 9.17) is 0 Å². The molecule has 0 heterocycles. The first kappa shape index (κ1) is 16.9. The second-order valence-electron chi connectivity index (χ2n) is 4.54. The molecule has 0 saturated heterocycles. The van der Waals surface area contributed by atoms with Gasteiger partial charge in [0.25, 0.3) is 0 Å². The Kier molecular flexibility index (Phi) is 10.4. The molecule has 0 unspecified atom stereocenters. The lowest BCUT2D eigenvalue weighted by atomic mass is 10.2. The summed E-state index contributed by atoms with van der Waals surface area (Å²) in [5.74, 6) is 0.0113. The molecule has 2 amide bonds. The monoisotopic (exact) mass is 255 g/mol. The van der Waals surface area contributed by atoms with Gasteiger partial charge in [0, 0.05) is 12.8 Å². The summed E-state index contributed by atoms with van der Waals surface area (Å²) >= 11 is 0. The van der Waals surface area contributed by atoms with E-state index >= 15 is 0 Å². The molecular weight excluding hydrogens is 228 g/mol. The standard InChI is InChI=1S/C14H27N2O2/c1-4-7-10-13(17)15-12(9-6-3)16-14(18)11-8-5-2/h12H,3-11H2,1-2H3,(H,15,17)(H,16,18). The van der Waals surface area contributed by atoms with Crippen LogP contribution < -0.4 is 10.6 Å². The Balaban J connectivity index is 4.04. The first-order valence-electron chi connectivity index (χ1n) is 7.02. The van der Waals surface area contributed by atoms with Gasteiger partial charge in [0.1, 0.15) is 6.17 Å². The Labute approximate surface area is 111 Å². The van der Waals surface area contributed by atoms with Crippen molar-refractivity contribution in [1.82, 2.24) is 10.6 Å². The third kappa shape index (κ3) is 9.02. The van der Waals surface area contributed by atoms with Gasteiger partial charge in [0.05, 0.1) is 0 Å². The summed E-state index contributed by atoms with van der Waals surface area (Å²) in [4.78, 5) is 23.2. The quantitative estimate of drug-likeness (QED) is 0.589. The number of hydrogen-bond acceptors (Lipinski definition) is 2. The van der Waals surface area contributed by atoms with Crippen molar-refractivity contribution in [3.63, 3.8) is 0 Å². The molecule has 4 nitrogen and oxygen atoms in total. The van der Waals surface area contributed by atoms with E-state index in [1.54, 1.807) is 0 Å². The molecule has 18 heavy (non-hydrogen) atoms. The Hall–Kier alpha value is -1.06. The molecule has 105 valence electrons. The van der Waals surface area contributed by atoms with E-state index in [0.29, 0.717) is 25.7 Å². The topological polar surface area (TPSA) is 58.2 Å². The SMILES string of the molecule is [CH2]CCC(NC(=O)CCCC)NC(=O)CCCC. The third-order valence-electron chi connectivity index (χ3n) is 2.68. The predicted octanol–water partition coefficient (Wildman–Crippen LogP) is 2.54. The highest BCUT2D eigenvalue weighted by atomic mass is 16.2. The molecule has 2 N–H and O–H groups in total. The van der Waals surface area contributed by atoms with E-state index in [2.05, 4.69) is 17.6 Å². The predicted molar refractivity (Wildman–Crippen MR) is 73.7 cm³/mol. The second-order valence-corrected chi connectivity index (χ2v) is 4.54. The molecule has 0 rings (SSSR count). The van der Waals surface area contributed by atoms with Crippen LogP contribution in [0.25, 0.3) is 0 Å². The first-order valence-corrected chi connectivity index (χ1v) is 7.02. The molecule has 0 aliphatic rings. The summed E-state index contributed by atoms with van der Waals surface area (Å²) in [5.41, 5.74) is 0. The van der Waals surface area contributed by atoms with Crippen molar-refractivity contribution < 1.29 is 9.59 Å². The van der Waals surface area contributed by atoms with Gasteiger partial charge >= 0.3 is 0 Å². The zero-order valence-electron chi connectivity index (χ0n) is 11.8. The first-order chi connectivity index (χ1) is 8.63. The maximum Gasteiger partial charge on any atom is 0.221 e. The lowest BCUT2D eigenvalue weighted by Crippen LogP contribution is -2.47. The van der Waals surface area contributed by atoms with Gasteiger partial charge in [0.15, 0.2) is 0 Å². The smallest absolute Gasteiger partial charge is 0.221 e. The number of carbonyl (C=O) groups is 2. The van der Waals surface area contributed by atoms with E-state index in [-0.39, 0.29) is 18.0 Å². The maximum atomic E-state index is 11.6. The van der Waals surface area contributed by atoms with Gasteiger partial charge in [-0.15, -0.1) is 0 Å².